The molecule has 1 aliphatic rings. The maximum absolute atomic E-state index is 11.7. The molecule has 2 N–H and O–H groups in total. The highest BCUT2D eigenvalue weighted by atomic mass is 16.1. The van der Waals surface area contributed by atoms with E-state index < -0.39 is 5.91 Å². The number of nitrogens with two attached hydrogens (primary N) is 1. The number of anilines is 1. The number of aromatic nitrogens is 1. The van der Waals surface area contributed by atoms with Crippen LogP contribution < -0.4 is 10.6 Å². The Morgan fingerprint density at radius 1 is 1.32 bits per heavy atom. The van der Waals surface area contributed by atoms with E-state index in [1.165, 1.54) is 12.8 Å². The third kappa shape index (κ3) is 2.03. The number of para-hydroxylation sites is 1. The molecule has 4 nitrogen and oxygen atoms in total. The van der Waals surface area contributed by atoms with E-state index in [2.05, 4.69) is 4.90 Å². The SMILES string of the molecule is Cc1cccc2c(C(N)=O)cc(N3CCCC3)nc12. The number of benzene rings is 1. The minimum atomic E-state index is -0.390. The molecule has 98 valence electrons. The maximum Gasteiger partial charge on any atom is 0.249 e. The average Bonchev–Trinajstić information content (AvgIpc) is 2.92. The molecule has 1 saturated heterocycles. The standard InChI is InChI=1S/C15H17N3O/c1-10-5-4-6-11-12(15(16)19)9-13(17-14(10)11)18-7-2-3-8-18/h4-6,9H,2-3,7-8H2,1H3,(H2,16,19). The Morgan fingerprint density at radius 3 is 2.74 bits per heavy atom. The second-order valence-corrected chi connectivity index (χ2v) is 5.06. The third-order valence-corrected chi connectivity index (χ3v) is 3.72. The molecular weight excluding hydrogens is 238 g/mol. The largest absolute Gasteiger partial charge is 0.366 e. The molecule has 0 unspecified atom stereocenters. The first kappa shape index (κ1) is 12.0. The highest BCUT2D eigenvalue weighted by Crippen LogP contribution is 2.26. The summed E-state index contributed by atoms with van der Waals surface area (Å²) in [5.41, 5.74) is 8.02. The molecule has 1 aromatic carbocycles. The smallest absolute Gasteiger partial charge is 0.249 e. The second-order valence-electron chi connectivity index (χ2n) is 5.06. The Hall–Kier alpha value is -2.10. The number of amides is 1. The zero-order valence-electron chi connectivity index (χ0n) is 11.0. The van der Waals surface area contributed by atoms with Crippen LogP contribution in [-0.2, 0) is 0 Å². The van der Waals surface area contributed by atoms with Gasteiger partial charge in [-0.15, -0.1) is 0 Å². The number of hydrogen-bond acceptors (Lipinski definition) is 3. The third-order valence-electron chi connectivity index (χ3n) is 3.72. The van der Waals surface area contributed by atoms with Crippen molar-refractivity contribution < 1.29 is 4.79 Å². The molecule has 0 bridgehead atoms. The Balaban J connectivity index is 2.25. The lowest BCUT2D eigenvalue weighted by Gasteiger charge is -2.18. The summed E-state index contributed by atoms with van der Waals surface area (Å²) in [6, 6.07) is 7.67. The molecule has 0 radical (unpaired) electrons. The van der Waals surface area contributed by atoms with E-state index in [-0.39, 0.29) is 0 Å². The van der Waals surface area contributed by atoms with Crippen LogP contribution in [-0.4, -0.2) is 24.0 Å². The molecule has 1 aliphatic heterocycles. The van der Waals surface area contributed by atoms with Crippen LogP contribution in [0.5, 0.6) is 0 Å². The van der Waals surface area contributed by atoms with E-state index in [1.807, 2.05) is 31.2 Å². The summed E-state index contributed by atoms with van der Waals surface area (Å²) in [5.74, 6) is 0.478. The fraction of sp³-hybridized carbons (Fsp3) is 0.333. The predicted octanol–water partition coefficient (Wildman–Crippen LogP) is 2.24. The van der Waals surface area contributed by atoms with Crippen LogP contribution in [0.4, 0.5) is 5.82 Å². The van der Waals surface area contributed by atoms with Crippen molar-refractivity contribution >= 4 is 22.6 Å². The Kier molecular flexibility index (Phi) is 2.85. The first-order valence-corrected chi connectivity index (χ1v) is 6.62. The fourth-order valence-corrected chi connectivity index (χ4v) is 2.69. The van der Waals surface area contributed by atoms with E-state index in [0.717, 1.165) is 35.4 Å². The molecule has 2 heterocycles. The quantitative estimate of drug-likeness (QED) is 0.895. The highest BCUT2D eigenvalue weighted by molar-refractivity contribution is 6.06. The second kappa shape index (κ2) is 4.53. The number of carbonyl (C=O) groups is 1. The van der Waals surface area contributed by atoms with E-state index in [4.69, 9.17) is 10.7 Å². The van der Waals surface area contributed by atoms with Gasteiger partial charge in [0.1, 0.15) is 5.82 Å². The van der Waals surface area contributed by atoms with Crippen molar-refractivity contribution in [2.24, 2.45) is 5.73 Å². The number of aryl methyl sites for hydroxylation is 1. The summed E-state index contributed by atoms with van der Waals surface area (Å²) in [7, 11) is 0. The number of rotatable bonds is 2. The van der Waals surface area contributed by atoms with Gasteiger partial charge in [0.15, 0.2) is 0 Å². The zero-order valence-corrected chi connectivity index (χ0v) is 11.0. The Labute approximate surface area is 112 Å². The molecule has 0 saturated carbocycles. The molecule has 4 heteroatoms. The van der Waals surface area contributed by atoms with E-state index in [9.17, 15) is 4.79 Å². The Morgan fingerprint density at radius 2 is 2.05 bits per heavy atom. The van der Waals surface area contributed by atoms with Gasteiger partial charge in [0.2, 0.25) is 5.91 Å². The summed E-state index contributed by atoms with van der Waals surface area (Å²) < 4.78 is 0. The van der Waals surface area contributed by atoms with Crippen LogP contribution in [0.25, 0.3) is 10.9 Å². The van der Waals surface area contributed by atoms with E-state index in [0.29, 0.717) is 5.56 Å². The predicted molar refractivity (Wildman–Crippen MR) is 76.4 cm³/mol. The lowest BCUT2D eigenvalue weighted by atomic mass is 10.0. The van der Waals surface area contributed by atoms with Gasteiger partial charge in [0, 0.05) is 18.5 Å². The zero-order chi connectivity index (χ0) is 13.4. The van der Waals surface area contributed by atoms with Gasteiger partial charge in [-0.1, -0.05) is 18.2 Å². The maximum atomic E-state index is 11.7. The number of carbonyl (C=O) groups excluding carboxylic acids is 1. The van der Waals surface area contributed by atoms with Gasteiger partial charge in [-0.2, -0.15) is 0 Å². The summed E-state index contributed by atoms with van der Waals surface area (Å²) in [5, 5.41) is 0.843. The van der Waals surface area contributed by atoms with Crippen molar-refractivity contribution in [1.82, 2.24) is 4.98 Å². The first-order valence-electron chi connectivity index (χ1n) is 6.62. The molecule has 2 aromatic rings. The lowest BCUT2D eigenvalue weighted by molar-refractivity contribution is 0.100. The van der Waals surface area contributed by atoms with Crippen molar-refractivity contribution in [3.8, 4) is 0 Å². The number of primary amides is 1. The summed E-state index contributed by atoms with van der Waals surface area (Å²) in [4.78, 5) is 18.6. The fourth-order valence-electron chi connectivity index (χ4n) is 2.69. The normalized spacial score (nSPS) is 15.1. The van der Waals surface area contributed by atoms with Gasteiger partial charge in [0.25, 0.3) is 0 Å². The molecule has 1 amide bonds. The molecule has 19 heavy (non-hydrogen) atoms. The minimum absolute atomic E-state index is 0.390. The first-order chi connectivity index (χ1) is 9.16. The highest BCUT2D eigenvalue weighted by Gasteiger charge is 2.18. The van der Waals surface area contributed by atoms with Gasteiger partial charge in [0.05, 0.1) is 11.1 Å². The van der Waals surface area contributed by atoms with Gasteiger partial charge < -0.3 is 10.6 Å². The van der Waals surface area contributed by atoms with Crippen molar-refractivity contribution in [2.75, 3.05) is 18.0 Å². The molecule has 0 aliphatic carbocycles. The van der Waals surface area contributed by atoms with Crippen LogP contribution in [0.3, 0.4) is 0 Å². The summed E-state index contributed by atoms with van der Waals surface area (Å²) in [6.45, 7) is 4.01. The van der Waals surface area contributed by atoms with Crippen LogP contribution in [0.1, 0.15) is 28.8 Å². The summed E-state index contributed by atoms with van der Waals surface area (Å²) in [6.07, 6.45) is 2.36. The van der Waals surface area contributed by atoms with Crippen molar-refractivity contribution in [1.29, 1.82) is 0 Å². The number of fused-ring (bicyclic) bond motifs is 1. The average molecular weight is 255 g/mol. The van der Waals surface area contributed by atoms with Gasteiger partial charge >= 0.3 is 0 Å². The van der Waals surface area contributed by atoms with Crippen molar-refractivity contribution in [3.63, 3.8) is 0 Å². The number of pyridine rings is 1. The Bertz CT molecular complexity index is 645. The van der Waals surface area contributed by atoms with Crippen molar-refractivity contribution in [3.05, 3.63) is 35.4 Å². The van der Waals surface area contributed by atoms with Crippen LogP contribution in [0.2, 0.25) is 0 Å². The lowest BCUT2D eigenvalue weighted by Crippen LogP contribution is -2.21. The number of nitrogens with zero attached hydrogens (tertiary/aromatic N) is 2. The minimum Gasteiger partial charge on any atom is -0.366 e. The van der Waals surface area contributed by atoms with Crippen LogP contribution >= 0.6 is 0 Å². The number of hydrogen-bond donors (Lipinski definition) is 1. The van der Waals surface area contributed by atoms with E-state index in [1.54, 1.807) is 0 Å². The monoisotopic (exact) mass is 255 g/mol. The van der Waals surface area contributed by atoms with Gasteiger partial charge in [-0.05, 0) is 31.4 Å². The van der Waals surface area contributed by atoms with Crippen molar-refractivity contribution in [2.45, 2.75) is 19.8 Å². The summed E-state index contributed by atoms with van der Waals surface area (Å²) >= 11 is 0. The van der Waals surface area contributed by atoms with Crippen LogP contribution in [0.15, 0.2) is 24.3 Å². The molecule has 1 fully saturated rings. The molecule has 3 rings (SSSR count). The van der Waals surface area contributed by atoms with Gasteiger partial charge in [-0.3, -0.25) is 4.79 Å². The van der Waals surface area contributed by atoms with Crippen LogP contribution in [0, 0.1) is 6.92 Å². The molecule has 0 atom stereocenters. The molecule has 1 aromatic heterocycles. The molecular formula is C15H17N3O. The van der Waals surface area contributed by atoms with E-state index >= 15 is 0 Å². The van der Waals surface area contributed by atoms with Gasteiger partial charge in [-0.25, -0.2) is 4.98 Å². The topological polar surface area (TPSA) is 59.2 Å². The molecule has 0 spiro atoms.